The number of nitrogens with one attached hydrogen (secondary N) is 1. The van der Waals surface area contributed by atoms with Crippen molar-refractivity contribution in [1.82, 2.24) is 14.9 Å². The quantitative estimate of drug-likeness (QED) is 0.847. The smallest absolute Gasteiger partial charge is 0.257 e. The lowest BCUT2D eigenvalue weighted by atomic mass is 9.80. The van der Waals surface area contributed by atoms with Crippen LogP contribution in [0.1, 0.15) is 48.1 Å². The molecule has 29 heavy (non-hydrogen) atoms. The highest BCUT2D eigenvalue weighted by Gasteiger charge is 2.41. The molecule has 6 nitrogen and oxygen atoms in total. The maximum atomic E-state index is 13.9. The molecule has 0 radical (unpaired) electrons. The number of benzene rings is 1. The number of carbonyl (C=O) groups is 1. The Hall–Kier alpha value is -2.61. The Labute approximate surface area is 168 Å². The number of hydrogen-bond acceptors (Lipinski definition) is 5. The Kier molecular flexibility index (Phi) is 5.45. The van der Waals surface area contributed by atoms with E-state index in [1.54, 1.807) is 6.92 Å². The number of ether oxygens (including phenoxy) is 1. The minimum absolute atomic E-state index is 0.0795. The fraction of sp³-hybridized carbons (Fsp3) is 0.476. The summed E-state index contributed by atoms with van der Waals surface area (Å²) in [6.07, 6.45) is 5.93. The molecule has 1 N–H and O–H groups in total. The van der Waals surface area contributed by atoms with Gasteiger partial charge in [-0.15, -0.1) is 0 Å². The van der Waals surface area contributed by atoms with Gasteiger partial charge in [-0.3, -0.25) is 4.79 Å². The average molecular weight is 402 g/mol. The first-order valence-electron chi connectivity index (χ1n) is 9.87. The number of carbonyl (C=O) groups excluding carboxylic acids is 1. The van der Waals surface area contributed by atoms with E-state index in [1.165, 1.54) is 24.5 Å². The Morgan fingerprint density at radius 2 is 1.93 bits per heavy atom. The molecule has 2 aromatic rings. The first kappa shape index (κ1) is 19.7. The molecule has 4 rings (SSSR count). The second-order valence-corrected chi connectivity index (χ2v) is 7.89. The van der Waals surface area contributed by atoms with Crippen molar-refractivity contribution < 1.29 is 18.3 Å². The minimum Gasteiger partial charge on any atom is -0.381 e. The largest absolute Gasteiger partial charge is 0.381 e. The first-order chi connectivity index (χ1) is 14.0. The molecule has 3 heterocycles. The fourth-order valence-corrected chi connectivity index (χ4v) is 4.14. The molecule has 154 valence electrons. The van der Waals surface area contributed by atoms with E-state index in [9.17, 15) is 13.6 Å². The van der Waals surface area contributed by atoms with Crippen molar-refractivity contribution >= 4 is 11.9 Å². The topological polar surface area (TPSA) is 67.4 Å². The zero-order valence-corrected chi connectivity index (χ0v) is 16.3. The maximum Gasteiger partial charge on any atom is 0.257 e. The van der Waals surface area contributed by atoms with Gasteiger partial charge in [0.1, 0.15) is 0 Å². The molecule has 0 saturated carbocycles. The van der Waals surface area contributed by atoms with Crippen molar-refractivity contribution in [3.8, 4) is 0 Å². The predicted octanol–water partition coefficient (Wildman–Crippen LogP) is 3.57. The maximum absolute atomic E-state index is 13.9. The van der Waals surface area contributed by atoms with Gasteiger partial charge in [-0.2, -0.15) is 0 Å². The normalized spacial score (nSPS) is 19.3. The molecular formula is C21H24F2N4O2. The van der Waals surface area contributed by atoms with Crippen molar-refractivity contribution in [2.75, 3.05) is 31.6 Å². The summed E-state index contributed by atoms with van der Waals surface area (Å²) in [4.78, 5) is 23.0. The lowest BCUT2D eigenvalue weighted by molar-refractivity contribution is 0.0191. The zero-order chi connectivity index (χ0) is 20.4. The number of hydrogen-bond donors (Lipinski definition) is 1. The van der Waals surface area contributed by atoms with Gasteiger partial charge in [0.25, 0.3) is 5.91 Å². The molecule has 2 aliphatic rings. The molecule has 8 heteroatoms. The Balaban J connectivity index is 1.40. The van der Waals surface area contributed by atoms with Crippen LogP contribution in [-0.2, 0) is 4.74 Å². The van der Waals surface area contributed by atoms with E-state index < -0.39 is 17.7 Å². The average Bonchev–Trinajstić information content (AvgIpc) is 3.13. The summed E-state index contributed by atoms with van der Waals surface area (Å²) in [7, 11) is 0. The van der Waals surface area contributed by atoms with Gasteiger partial charge in [-0.05, 0) is 37.7 Å². The lowest BCUT2D eigenvalue weighted by Gasteiger charge is -2.33. The third kappa shape index (κ3) is 4.07. The second-order valence-electron chi connectivity index (χ2n) is 7.89. The van der Waals surface area contributed by atoms with Crippen LogP contribution in [0.15, 0.2) is 30.6 Å². The van der Waals surface area contributed by atoms with Gasteiger partial charge in [0, 0.05) is 44.3 Å². The number of aromatic nitrogens is 2. The lowest BCUT2D eigenvalue weighted by Crippen LogP contribution is -2.35. The number of halogens is 2. The Morgan fingerprint density at radius 3 is 2.66 bits per heavy atom. The number of nitrogens with zero attached hydrogens (tertiary/aromatic N) is 3. The van der Waals surface area contributed by atoms with Crippen molar-refractivity contribution in [3.63, 3.8) is 0 Å². The molecule has 1 atom stereocenters. The number of likely N-dealkylation sites (tertiary alicyclic amines) is 1. The van der Waals surface area contributed by atoms with Gasteiger partial charge in [-0.1, -0.05) is 12.1 Å². The Morgan fingerprint density at radius 1 is 1.21 bits per heavy atom. The molecule has 0 aliphatic carbocycles. The molecule has 1 aromatic carbocycles. The van der Waals surface area contributed by atoms with E-state index in [1.807, 2.05) is 4.90 Å². The van der Waals surface area contributed by atoms with Crippen LogP contribution in [0.4, 0.5) is 14.7 Å². The van der Waals surface area contributed by atoms with E-state index in [2.05, 4.69) is 15.3 Å². The van der Waals surface area contributed by atoms with E-state index in [-0.39, 0.29) is 22.8 Å². The fourth-order valence-electron chi connectivity index (χ4n) is 4.14. The van der Waals surface area contributed by atoms with Crippen LogP contribution in [0.25, 0.3) is 0 Å². The van der Waals surface area contributed by atoms with Crippen LogP contribution >= 0.6 is 0 Å². The molecule has 1 aromatic heterocycles. The molecule has 0 bridgehead atoms. The number of rotatable bonds is 4. The summed E-state index contributed by atoms with van der Waals surface area (Å²) in [6.45, 7) is 4.68. The second kappa shape index (κ2) is 8.02. The molecule has 1 amide bonds. The number of anilines is 1. The highest BCUT2D eigenvalue weighted by Crippen LogP contribution is 2.40. The predicted molar refractivity (Wildman–Crippen MR) is 103 cm³/mol. The summed E-state index contributed by atoms with van der Waals surface area (Å²) in [5.41, 5.74) is 0.789. The molecule has 1 spiro atoms. The van der Waals surface area contributed by atoms with Gasteiger partial charge in [0.15, 0.2) is 11.6 Å². The van der Waals surface area contributed by atoms with Gasteiger partial charge in [0.05, 0.1) is 11.6 Å². The summed E-state index contributed by atoms with van der Waals surface area (Å²) in [6, 6.07) is 3.51. The van der Waals surface area contributed by atoms with Crippen LogP contribution < -0.4 is 5.32 Å². The minimum atomic E-state index is -0.897. The van der Waals surface area contributed by atoms with Crippen molar-refractivity contribution in [3.05, 3.63) is 53.4 Å². The molecule has 2 aliphatic heterocycles. The van der Waals surface area contributed by atoms with Crippen LogP contribution in [0, 0.1) is 17.0 Å². The summed E-state index contributed by atoms with van der Waals surface area (Å²) >= 11 is 0. The third-order valence-corrected chi connectivity index (χ3v) is 5.97. The first-order valence-corrected chi connectivity index (χ1v) is 9.87. The van der Waals surface area contributed by atoms with Gasteiger partial charge in [-0.25, -0.2) is 18.7 Å². The third-order valence-electron chi connectivity index (χ3n) is 5.97. The van der Waals surface area contributed by atoms with Crippen LogP contribution in [0.2, 0.25) is 0 Å². The Bertz CT molecular complexity index is 885. The van der Waals surface area contributed by atoms with E-state index in [0.29, 0.717) is 5.56 Å². The van der Waals surface area contributed by atoms with Crippen molar-refractivity contribution in [1.29, 1.82) is 0 Å². The van der Waals surface area contributed by atoms with E-state index in [0.717, 1.165) is 51.6 Å². The van der Waals surface area contributed by atoms with Crippen LogP contribution in [-0.4, -0.2) is 47.1 Å². The SMILES string of the molecule is C[C@H](Nc1ncc(C(=O)N2CCC3(CCOCC3)C2)cn1)c1cccc(F)c1F. The van der Waals surface area contributed by atoms with Gasteiger partial charge < -0.3 is 15.0 Å². The highest BCUT2D eigenvalue weighted by atomic mass is 19.2. The van der Waals surface area contributed by atoms with Gasteiger partial charge in [0.2, 0.25) is 5.95 Å². The van der Waals surface area contributed by atoms with Crippen molar-refractivity contribution in [2.24, 2.45) is 5.41 Å². The zero-order valence-electron chi connectivity index (χ0n) is 16.3. The molecule has 2 saturated heterocycles. The number of amides is 1. The highest BCUT2D eigenvalue weighted by molar-refractivity contribution is 5.94. The van der Waals surface area contributed by atoms with E-state index >= 15 is 0 Å². The summed E-state index contributed by atoms with van der Waals surface area (Å²) in [5, 5.41) is 2.94. The monoisotopic (exact) mass is 402 g/mol. The molecule has 2 fully saturated rings. The van der Waals surface area contributed by atoms with Crippen LogP contribution in [0.5, 0.6) is 0 Å². The summed E-state index contributed by atoms with van der Waals surface area (Å²) in [5.74, 6) is -1.62. The van der Waals surface area contributed by atoms with E-state index in [4.69, 9.17) is 4.74 Å². The van der Waals surface area contributed by atoms with Crippen LogP contribution in [0.3, 0.4) is 0 Å². The standard InChI is InChI=1S/C21H24F2N4O2/c1-14(16-3-2-4-17(22)18(16)23)26-20-24-11-15(12-25-20)19(28)27-8-5-21(13-27)6-9-29-10-7-21/h2-4,11-12,14H,5-10,13H2,1H3,(H,24,25,26)/t14-/m0/s1. The summed E-state index contributed by atoms with van der Waals surface area (Å²) < 4.78 is 32.8. The molecular weight excluding hydrogens is 378 g/mol. The van der Waals surface area contributed by atoms with Gasteiger partial charge >= 0.3 is 0 Å². The molecule has 0 unspecified atom stereocenters. The van der Waals surface area contributed by atoms with Crippen molar-refractivity contribution in [2.45, 2.75) is 32.2 Å².